The van der Waals surface area contributed by atoms with Crippen LogP contribution in [0.25, 0.3) is 0 Å². The quantitative estimate of drug-likeness (QED) is 0.888. The maximum absolute atomic E-state index is 6.17. The first-order valence-corrected chi connectivity index (χ1v) is 9.06. The summed E-state index contributed by atoms with van der Waals surface area (Å²) in [7, 11) is 0. The first-order chi connectivity index (χ1) is 10.8. The molecule has 2 aromatic rings. The topological polar surface area (TPSA) is 21.3 Å². The third kappa shape index (κ3) is 2.85. The van der Waals surface area contributed by atoms with Gasteiger partial charge >= 0.3 is 0 Å². The minimum atomic E-state index is 0.388. The van der Waals surface area contributed by atoms with Crippen LogP contribution in [0.1, 0.15) is 29.2 Å². The molecule has 1 unspecified atom stereocenters. The van der Waals surface area contributed by atoms with Crippen LogP contribution >= 0.6 is 23.4 Å². The Hall–Kier alpha value is -1.16. The molecule has 0 spiro atoms. The molecule has 2 aliphatic heterocycles. The lowest BCUT2D eigenvalue weighted by Crippen LogP contribution is -2.24. The zero-order valence-electron chi connectivity index (χ0n) is 12.3. The molecule has 0 saturated carbocycles. The summed E-state index contributed by atoms with van der Waals surface area (Å²) in [5.74, 6) is 2.21. The number of hydrogen-bond acceptors (Lipinski definition) is 3. The van der Waals surface area contributed by atoms with Crippen molar-refractivity contribution in [2.45, 2.75) is 30.3 Å². The van der Waals surface area contributed by atoms with Crippen molar-refractivity contribution in [2.24, 2.45) is 0 Å². The maximum Gasteiger partial charge on any atom is 0.122 e. The van der Waals surface area contributed by atoms with Gasteiger partial charge in [-0.15, -0.1) is 11.8 Å². The number of benzene rings is 2. The summed E-state index contributed by atoms with van der Waals surface area (Å²) < 4.78 is 5.57. The highest BCUT2D eigenvalue weighted by atomic mass is 35.5. The van der Waals surface area contributed by atoms with Crippen molar-refractivity contribution in [3.05, 3.63) is 58.1 Å². The third-order valence-corrected chi connectivity index (χ3v) is 5.68. The van der Waals surface area contributed by atoms with Crippen molar-refractivity contribution in [3.63, 3.8) is 0 Å². The smallest absolute Gasteiger partial charge is 0.122 e. The monoisotopic (exact) mass is 331 g/mol. The number of nitrogens with one attached hydrogen (secondary N) is 1. The van der Waals surface area contributed by atoms with Gasteiger partial charge < -0.3 is 10.1 Å². The van der Waals surface area contributed by atoms with Crippen molar-refractivity contribution in [2.75, 3.05) is 12.4 Å². The fourth-order valence-electron chi connectivity index (χ4n) is 3.17. The van der Waals surface area contributed by atoms with Gasteiger partial charge in [-0.3, -0.25) is 0 Å². The van der Waals surface area contributed by atoms with E-state index in [1.807, 2.05) is 17.8 Å². The Bertz CT molecular complexity index is 703. The predicted octanol–water partition coefficient (Wildman–Crippen LogP) is 4.60. The number of halogens is 1. The first kappa shape index (κ1) is 14.4. The van der Waals surface area contributed by atoms with Crippen LogP contribution in [-0.2, 0) is 13.0 Å². The summed E-state index contributed by atoms with van der Waals surface area (Å²) in [6, 6.07) is 13.1. The van der Waals surface area contributed by atoms with E-state index in [0.717, 1.165) is 42.5 Å². The molecule has 4 rings (SSSR count). The molecule has 0 aromatic heterocycles. The average Bonchev–Trinajstić information content (AvgIpc) is 3.00. The molecule has 22 heavy (non-hydrogen) atoms. The number of rotatable bonds is 3. The lowest BCUT2D eigenvalue weighted by molar-refractivity contribution is 0.357. The zero-order valence-corrected chi connectivity index (χ0v) is 13.8. The van der Waals surface area contributed by atoms with Gasteiger partial charge in [0.15, 0.2) is 0 Å². The van der Waals surface area contributed by atoms with Gasteiger partial charge in [-0.05, 0) is 53.1 Å². The van der Waals surface area contributed by atoms with Crippen molar-refractivity contribution in [1.82, 2.24) is 5.32 Å². The molecule has 2 aromatic carbocycles. The lowest BCUT2D eigenvalue weighted by atomic mass is 10.0. The van der Waals surface area contributed by atoms with E-state index >= 15 is 0 Å². The number of thioether (sulfide) groups is 1. The second kappa shape index (κ2) is 6.15. The number of hydrogen-bond donors (Lipinski definition) is 1. The van der Waals surface area contributed by atoms with E-state index in [2.05, 4.69) is 35.6 Å². The molecule has 0 aliphatic carbocycles. The Morgan fingerprint density at radius 3 is 3.14 bits per heavy atom. The fourth-order valence-corrected chi connectivity index (χ4v) is 4.45. The van der Waals surface area contributed by atoms with Crippen LogP contribution in [0.2, 0.25) is 5.02 Å². The highest BCUT2D eigenvalue weighted by Gasteiger charge is 2.21. The fraction of sp³-hybridized carbons (Fsp3) is 0.333. The molecular weight excluding hydrogens is 314 g/mol. The number of ether oxygens (including phenoxy) is 1. The average molecular weight is 332 g/mol. The van der Waals surface area contributed by atoms with E-state index < -0.39 is 0 Å². The molecule has 114 valence electrons. The van der Waals surface area contributed by atoms with Crippen LogP contribution in [0.15, 0.2) is 41.3 Å². The molecule has 0 fully saturated rings. The molecule has 0 amide bonds. The van der Waals surface area contributed by atoms with Gasteiger partial charge in [0.2, 0.25) is 0 Å². The second-order valence-electron chi connectivity index (χ2n) is 5.79. The van der Waals surface area contributed by atoms with Crippen LogP contribution < -0.4 is 10.1 Å². The maximum atomic E-state index is 6.17. The van der Waals surface area contributed by atoms with Gasteiger partial charge in [0.05, 0.1) is 6.61 Å². The van der Waals surface area contributed by atoms with E-state index in [9.17, 15) is 0 Å². The Balaban J connectivity index is 1.50. The predicted molar refractivity (Wildman–Crippen MR) is 92.0 cm³/mol. The molecule has 2 heterocycles. The van der Waals surface area contributed by atoms with Crippen molar-refractivity contribution < 1.29 is 4.74 Å². The summed E-state index contributed by atoms with van der Waals surface area (Å²) in [4.78, 5) is 1.36. The molecule has 1 N–H and O–H groups in total. The minimum absolute atomic E-state index is 0.388. The largest absolute Gasteiger partial charge is 0.493 e. The van der Waals surface area contributed by atoms with Gasteiger partial charge in [0.25, 0.3) is 0 Å². The summed E-state index contributed by atoms with van der Waals surface area (Å²) in [5, 5.41) is 4.52. The molecule has 2 aliphatic rings. The Morgan fingerprint density at radius 1 is 1.23 bits per heavy atom. The van der Waals surface area contributed by atoms with Gasteiger partial charge in [-0.1, -0.05) is 23.7 Å². The van der Waals surface area contributed by atoms with Crippen molar-refractivity contribution in [1.29, 1.82) is 0 Å². The van der Waals surface area contributed by atoms with E-state index in [4.69, 9.17) is 16.3 Å². The SMILES string of the molecule is Clc1ccc2c(c1)C(NCc1ccc3c(c1)CCO3)CCS2. The summed E-state index contributed by atoms with van der Waals surface area (Å²) in [6.07, 6.45) is 2.17. The van der Waals surface area contributed by atoms with Gasteiger partial charge in [0.1, 0.15) is 5.75 Å². The van der Waals surface area contributed by atoms with Crippen molar-refractivity contribution >= 4 is 23.4 Å². The van der Waals surface area contributed by atoms with E-state index in [-0.39, 0.29) is 0 Å². The van der Waals surface area contributed by atoms with E-state index in [1.54, 1.807) is 0 Å². The van der Waals surface area contributed by atoms with E-state index in [0.29, 0.717) is 6.04 Å². The molecule has 0 bridgehead atoms. The van der Waals surface area contributed by atoms with E-state index in [1.165, 1.54) is 21.6 Å². The van der Waals surface area contributed by atoms with Crippen molar-refractivity contribution in [3.8, 4) is 5.75 Å². The first-order valence-electron chi connectivity index (χ1n) is 7.70. The highest BCUT2D eigenvalue weighted by Crippen LogP contribution is 2.37. The van der Waals surface area contributed by atoms with Gasteiger partial charge in [0, 0.05) is 28.9 Å². The van der Waals surface area contributed by atoms with Crippen LogP contribution in [0.3, 0.4) is 0 Å². The molecular formula is C18H18ClNOS. The highest BCUT2D eigenvalue weighted by molar-refractivity contribution is 7.99. The van der Waals surface area contributed by atoms with Crippen LogP contribution in [-0.4, -0.2) is 12.4 Å². The van der Waals surface area contributed by atoms with Crippen LogP contribution in [0.4, 0.5) is 0 Å². The molecule has 2 nitrogen and oxygen atoms in total. The zero-order chi connectivity index (χ0) is 14.9. The summed E-state index contributed by atoms with van der Waals surface area (Å²) in [6.45, 7) is 1.70. The summed E-state index contributed by atoms with van der Waals surface area (Å²) >= 11 is 8.10. The van der Waals surface area contributed by atoms with Crippen LogP contribution in [0, 0.1) is 0 Å². The third-order valence-electron chi connectivity index (χ3n) is 4.32. The van der Waals surface area contributed by atoms with Gasteiger partial charge in [-0.2, -0.15) is 0 Å². The second-order valence-corrected chi connectivity index (χ2v) is 7.37. The van der Waals surface area contributed by atoms with Gasteiger partial charge in [-0.25, -0.2) is 0 Å². The Labute approximate surface area is 140 Å². The Kier molecular flexibility index (Phi) is 4.03. The number of fused-ring (bicyclic) bond motifs is 2. The standard InChI is InChI=1S/C18H18ClNOS/c19-14-2-4-18-15(10-14)16(6-8-22-18)20-11-12-1-3-17-13(9-12)5-7-21-17/h1-4,9-10,16,20H,5-8,11H2. The normalized spacial score (nSPS) is 19.4. The summed E-state index contributed by atoms with van der Waals surface area (Å²) in [5.41, 5.74) is 4.00. The molecule has 0 radical (unpaired) electrons. The van der Waals surface area contributed by atoms with Crippen LogP contribution in [0.5, 0.6) is 5.75 Å². The molecule has 0 saturated heterocycles. The lowest BCUT2D eigenvalue weighted by Gasteiger charge is -2.26. The minimum Gasteiger partial charge on any atom is -0.493 e. The molecule has 1 atom stereocenters. The Morgan fingerprint density at radius 2 is 2.18 bits per heavy atom. The molecule has 4 heteroatoms.